The van der Waals surface area contributed by atoms with E-state index in [4.69, 9.17) is 0 Å². The number of hydrogen-bond acceptors (Lipinski definition) is 2. The molecule has 1 aromatic rings. The molecule has 2 aliphatic rings. The van der Waals surface area contributed by atoms with Gasteiger partial charge in [0.2, 0.25) is 11.8 Å². The van der Waals surface area contributed by atoms with Crippen molar-refractivity contribution in [2.24, 2.45) is 11.8 Å². The van der Waals surface area contributed by atoms with Gasteiger partial charge in [-0.1, -0.05) is 41.5 Å². The smallest absolute Gasteiger partial charge is 0.249 e. The van der Waals surface area contributed by atoms with Crippen molar-refractivity contribution in [1.29, 1.82) is 0 Å². The van der Waals surface area contributed by atoms with E-state index in [1.165, 1.54) is 16.2 Å². The summed E-state index contributed by atoms with van der Waals surface area (Å²) in [5.74, 6) is -0.478. The lowest BCUT2D eigenvalue weighted by molar-refractivity contribution is -0.140. The molecule has 126 valence electrons. The van der Waals surface area contributed by atoms with Crippen molar-refractivity contribution < 1.29 is 9.59 Å². The summed E-state index contributed by atoms with van der Waals surface area (Å²) in [6.45, 7) is 4.17. The van der Waals surface area contributed by atoms with E-state index in [9.17, 15) is 9.59 Å². The topological polar surface area (TPSA) is 49.4 Å². The molecule has 1 heterocycles. The number of benzene rings is 1. The largest absolute Gasteiger partial charge is 0.273 e. The van der Waals surface area contributed by atoms with Gasteiger partial charge in [-0.15, -0.1) is 0 Å². The first-order valence-corrected chi connectivity index (χ1v) is 8.57. The Morgan fingerprint density at radius 2 is 1.96 bits per heavy atom. The van der Waals surface area contributed by atoms with Gasteiger partial charge in [-0.05, 0) is 51.7 Å². The van der Waals surface area contributed by atoms with Crippen molar-refractivity contribution in [3.63, 3.8) is 0 Å². The Bertz CT molecular complexity index is 687. The number of nitrogens with one attached hydrogen (secondary N) is 1. The minimum atomic E-state index is -0.232. The zero-order valence-electron chi connectivity index (χ0n) is 14.3. The minimum Gasteiger partial charge on any atom is -0.273 e. The van der Waals surface area contributed by atoms with Crippen LogP contribution in [0.5, 0.6) is 0 Å². The second-order valence-corrected chi connectivity index (χ2v) is 6.82. The third-order valence-corrected chi connectivity index (χ3v) is 4.79. The summed E-state index contributed by atoms with van der Waals surface area (Å²) in [5.41, 5.74) is 6.10. The van der Waals surface area contributed by atoms with E-state index in [0.29, 0.717) is 6.42 Å². The van der Waals surface area contributed by atoms with Gasteiger partial charge in [0.1, 0.15) is 0 Å². The molecule has 2 fully saturated rings. The number of anilines is 1. The van der Waals surface area contributed by atoms with E-state index in [-0.39, 0.29) is 23.7 Å². The normalized spacial score (nSPS) is 25.2. The Morgan fingerprint density at radius 3 is 2.67 bits per heavy atom. The van der Waals surface area contributed by atoms with E-state index in [0.717, 1.165) is 24.9 Å². The molecule has 0 radical (unpaired) electrons. The maximum atomic E-state index is 12.8. The van der Waals surface area contributed by atoms with Crippen LogP contribution in [-0.4, -0.2) is 11.8 Å². The number of nitrogens with zero attached hydrogens (tertiary/aromatic N) is 1. The van der Waals surface area contributed by atoms with Crippen LogP contribution in [-0.2, 0) is 9.59 Å². The lowest BCUT2D eigenvalue weighted by Crippen LogP contribution is -2.59. The molecule has 0 bridgehead atoms. The minimum absolute atomic E-state index is 0.00847. The lowest BCUT2D eigenvalue weighted by Gasteiger charge is -2.40. The molecule has 0 aromatic heterocycles. The number of carbonyl (C=O) groups is 2. The van der Waals surface area contributed by atoms with Crippen LogP contribution in [0.15, 0.2) is 53.6 Å². The number of carbonyl (C=O) groups excluding carboxylic acids is 2. The first-order chi connectivity index (χ1) is 11.6. The fourth-order valence-electron chi connectivity index (χ4n) is 3.47. The maximum Gasteiger partial charge on any atom is 0.249 e. The molecule has 2 unspecified atom stereocenters. The Hall–Kier alpha value is -2.36. The monoisotopic (exact) mass is 324 g/mol. The SMILES string of the molecule is CC(C)=CC/C=C1\CCC2C(=O)N(c3ccccc3)NC(=O)C2C1. The van der Waals surface area contributed by atoms with Crippen LogP contribution in [0.25, 0.3) is 0 Å². The number of hydrogen-bond donors (Lipinski definition) is 1. The average molecular weight is 324 g/mol. The highest BCUT2D eigenvalue weighted by atomic mass is 16.2. The summed E-state index contributed by atoms with van der Waals surface area (Å²) in [4.78, 5) is 25.3. The molecule has 24 heavy (non-hydrogen) atoms. The predicted octanol–water partition coefficient (Wildman–Crippen LogP) is 3.76. The van der Waals surface area contributed by atoms with Crippen LogP contribution >= 0.6 is 0 Å². The average Bonchev–Trinajstić information content (AvgIpc) is 2.58. The summed E-state index contributed by atoms with van der Waals surface area (Å²) in [7, 11) is 0. The fourth-order valence-corrected chi connectivity index (χ4v) is 3.47. The molecular weight excluding hydrogens is 300 g/mol. The van der Waals surface area contributed by atoms with Crippen molar-refractivity contribution in [1.82, 2.24) is 5.43 Å². The van der Waals surface area contributed by atoms with Crippen molar-refractivity contribution in [2.45, 2.75) is 39.5 Å². The third-order valence-electron chi connectivity index (χ3n) is 4.79. The van der Waals surface area contributed by atoms with E-state index >= 15 is 0 Å². The van der Waals surface area contributed by atoms with Crippen LogP contribution in [0.3, 0.4) is 0 Å². The standard InChI is InChI=1S/C20H24N2O2/c1-14(2)7-6-8-15-11-12-17-18(13-15)19(23)21-22(20(17)24)16-9-4-3-5-10-16/h3-5,7-10,17-18H,6,11-13H2,1-2H3,(H,21,23)/b15-8+. The zero-order valence-corrected chi connectivity index (χ0v) is 14.3. The van der Waals surface area contributed by atoms with Gasteiger partial charge in [-0.25, -0.2) is 5.01 Å². The Labute approximate surface area is 143 Å². The number of hydrazine groups is 1. The predicted molar refractivity (Wildman–Crippen MR) is 95.0 cm³/mol. The van der Waals surface area contributed by atoms with Crippen molar-refractivity contribution in [2.75, 3.05) is 5.01 Å². The van der Waals surface area contributed by atoms with Crippen LogP contribution in [0.2, 0.25) is 0 Å². The molecule has 2 amide bonds. The Balaban J connectivity index is 1.74. The number of para-hydroxylation sites is 1. The van der Waals surface area contributed by atoms with E-state index in [1.54, 1.807) is 0 Å². The van der Waals surface area contributed by atoms with Crippen LogP contribution in [0, 0.1) is 11.8 Å². The van der Waals surface area contributed by atoms with Gasteiger partial charge < -0.3 is 0 Å². The molecule has 1 aromatic carbocycles. The van der Waals surface area contributed by atoms with E-state index in [1.807, 2.05) is 30.3 Å². The maximum absolute atomic E-state index is 12.8. The number of amides is 2. The summed E-state index contributed by atoms with van der Waals surface area (Å²) in [5, 5.41) is 1.42. The molecule has 1 saturated carbocycles. The summed E-state index contributed by atoms with van der Waals surface area (Å²) < 4.78 is 0. The lowest BCUT2D eigenvalue weighted by atomic mass is 9.74. The molecule has 2 atom stereocenters. The Kier molecular flexibility index (Phi) is 4.84. The van der Waals surface area contributed by atoms with Crippen LogP contribution < -0.4 is 10.4 Å². The molecule has 1 N–H and O–H groups in total. The van der Waals surface area contributed by atoms with Gasteiger partial charge in [0.05, 0.1) is 17.5 Å². The number of rotatable bonds is 3. The first-order valence-electron chi connectivity index (χ1n) is 8.57. The molecule has 0 spiro atoms. The number of allylic oxidation sites excluding steroid dienone is 4. The van der Waals surface area contributed by atoms with Crippen molar-refractivity contribution in [3.8, 4) is 0 Å². The number of fused-ring (bicyclic) bond motifs is 1. The fraction of sp³-hybridized carbons (Fsp3) is 0.400. The molecule has 3 rings (SSSR count). The highest BCUT2D eigenvalue weighted by Gasteiger charge is 2.44. The molecule has 4 nitrogen and oxygen atoms in total. The van der Waals surface area contributed by atoms with Gasteiger partial charge in [-0.2, -0.15) is 0 Å². The van der Waals surface area contributed by atoms with E-state index < -0.39 is 0 Å². The van der Waals surface area contributed by atoms with Gasteiger partial charge in [0.25, 0.3) is 0 Å². The molecule has 4 heteroatoms. The molecular formula is C20H24N2O2. The highest BCUT2D eigenvalue weighted by Crippen LogP contribution is 2.38. The van der Waals surface area contributed by atoms with Crippen molar-refractivity contribution in [3.05, 3.63) is 53.6 Å². The zero-order chi connectivity index (χ0) is 17.1. The van der Waals surface area contributed by atoms with E-state index in [2.05, 4.69) is 31.4 Å². The summed E-state index contributed by atoms with van der Waals surface area (Å²) in [6.07, 6.45) is 7.65. The van der Waals surface area contributed by atoms with Gasteiger partial charge in [-0.3, -0.25) is 15.0 Å². The van der Waals surface area contributed by atoms with Gasteiger partial charge in [0.15, 0.2) is 0 Å². The summed E-state index contributed by atoms with van der Waals surface area (Å²) >= 11 is 0. The Morgan fingerprint density at radius 1 is 1.21 bits per heavy atom. The second-order valence-electron chi connectivity index (χ2n) is 6.82. The second kappa shape index (κ2) is 7.04. The molecule has 1 aliphatic carbocycles. The first kappa shape index (κ1) is 16.5. The molecule has 1 saturated heterocycles. The van der Waals surface area contributed by atoms with Crippen LogP contribution in [0.1, 0.15) is 39.5 Å². The third kappa shape index (κ3) is 3.42. The molecule has 1 aliphatic heterocycles. The van der Waals surface area contributed by atoms with Crippen LogP contribution in [0.4, 0.5) is 5.69 Å². The van der Waals surface area contributed by atoms with Gasteiger partial charge in [0, 0.05) is 0 Å². The quantitative estimate of drug-likeness (QED) is 0.861. The van der Waals surface area contributed by atoms with Crippen molar-refractivity contribution >= 4 is 17.5 Å². The summed E-state index contributed by atoms with van der Waals surface area (Å²) in [6, 6.07) is 9.31. The van der Waals surface area contributed by atoms with Gasteiger partial charge >= 0.3 is 0 Å². The highest BCUT2D eigenvalue weighted by molar-refractivity contribution is 6.04.